The number of hydrogen-bond donors (Lipinski definition) is 2. The topological polar surface area (TPSA) is 111 Å². The maximum absolute atomic E-state index is 12.1. The Labute approximate surface area is 111 Å². The maximum Gasteiger partial charge on any atom is 0.244 e. The molecule has 7 nitrogen and oxygen atoms in total. The molecular weight excluding hydrogens is 266 g/mol. The first-order chi connectivity index (χ1) is 8.99. The van der Waals surface area contributed by atoms with Crippen LogP contribution in [0.4, 0.5) is 5.95 Å². The zero-order valence-electron chi connectivity index (χ0n) is 10.2. The second-order valence-electron chi connectivity index (χ2n) is 3.90. The van der Waals surface area contributed by atoms with Crippen LogP contribution in [-0.2, 0) is 10.0 Å². The number of hydrogen-bond acceptors (Lipinski definition) is 6. The van der Waals surface area contributed by atoms with Crippen LogP contribution in [0.2, 0.25) is 0 Å². The van der Waals surface area contributed by atoms with E-state index in [9.17, 15) is 8.42 Å². The number of aromatic nitrogens is 3. The van der Waals surface area contributed by atoms with Gasteiger partial charge in [-0.2, -0.15) is 0 Å². The first-order valence-electron chi connectivity index (χ1n) is 5.49. The van der Waals surface area contributed by atoms with E-state index >= 15 is 0 Å². The summed E-state index contributed by atoms with van der Waals surface area (Å²) in [5.74, 6) is 0.0288. The van der Waals surface area contributed by atoms with Crippen LogP contribution in [0.15, 0.2) is 41.8 Å². The molecule has 0 aromatic carbocycles. The molecule has 0 radical (unpaired) electrons. The molecule has 2 heterocycles. The van der Waals surface area contributed by atoms with E-state index < -0.39 is 10.0 Å². The molecule has 3 N–H and O–H groups in total. The fourth-order valence-electron chi connectivity index (χ4n) is 1.49. The van der Waals surface area contributed by atoms with Gasteiger partial charge in [0.2, 0.25) is 16.0 Å². The smallest absolute Gasteiger partial charge is 0.244 e. The average molecular weight is 279 g/mol. The number of pyridine rings is 1. The van der Waals surface area contributed by atoms with Gasteiger partial charge in [0.1, 0.15) is 4.90 Å². The van der Waals surface area contributed by atoms with Crippen molar-refractivity contribution in [3.05, 3.63) is 42.5 Å². The molecule has 1 atom stereocenters. The van der Waals surface area contributed by atoms with Crippen molar-refractivity contribution in [2.24, 2.45) is 0 Å². The van der Waals surface area contributed by atoms with Crippen molar-refractivity contribution < 1.29 is 8.42 Å². The Bertz CT molecular complexity index is 643. The van der Waals surface area contributed by atoms with Crippen molar-refractivity contribution in [3.63, 3.8) is 0 Å². The van der Waals surface area contributed by atoms with Crippen molar-refractivity contribution in [2.75, 3.05) is 5.73 Å². The van der Waals surface area contributed by atoms with Crippen molar-refractivity contribution in [1.82, 2.24) is 19.7 Å². The Morgan fingerprint density at radius 1 is 1.21 bits per heavy atom. The second-order valence-corrected chi connectivity index (χ2v) is 5.61. The molecule has 0 aliphatic rings. The van der Waals surface area contributed by atoms with E-state index in [1.807, 2.05) is 0 Å². The summed E-state index contributed by atoms with van der Waals surface area (Å²) in [6.45, 7) is 1.74. The third-order valence-corrected chi connectivity index (χ3v) is 3.99. The van der Waals surface area contributed by atoms with E-state index in [0.717, 1.165) is 5.56 Å². The molecule has 0 spiro atoms. The van der Waals surface area contributed by atoms with Crippen molar-refractivity contribution in [2.45, 2.75) is 17.9 Å². The Hall–Kier alpha value is -2.06. The molecule has 100 valence electrons. The summed E-state index contributed by atoms with van der Waals surface area (Å²) in [6, 6.07) is 3.10. The van der Waals surface area contributed by atoms with E-state index in [1.165, 1.54) is 12.4 Å². The minimum atomic E-state index is -3.68. The molecule has 0 bridgehead atoms. The lowest BCUT2D eigenvalue weighted by Crippen LogP contribution is -2.27. The summed E-state index contributed by atoms with van der Waals surface area (Å²) in [5.41, 5.74) is 6.13. The van der Waals surface area contributed by atoms with Crippen LogP contribution < -0.4 is 10.5 Å². The quantitative estimate of drug-likeness (QED) is 0.842. The zero-order valence-corrected chi connectivity index (χ0v) is 11.0. The third kappa shape index (κ3) is 3.24. The third-order valence-electron chi connectivity index (χ3n) is 2.50. The highest BCUT2D eigenvalue weighted by Gasteiger charge is 2.19. The minimum Gasteiger partial charge on any atom is -0.368 e. The van der Waals surface area contributed by atoms with Gasteiger partial charge in [0.15, 0.2) is 0 Å². The predicted molar refractivity (Wildman–Crippen MR) is 69.4 cm³/mol. The summed E-state index contributed by atoms with van der Waals surface area (Å²) in [6.07, 6.45) is 5.55. The largest absolute Gasteiger partial charge is 0.368 e. The van der Waals surface area contributed by atoms with Gasteiger partial charge in [-0.05, 0) is 24.6 Å². The number of rotatable bonds is 4. The number of anilines is 1. The average Bonchev–Trinajstić information content (AvgIpc) is 2.40. The SMILES string of the molecule is CC(NS(=O)(=O)c1cnc(N)nc1)c1ccncc1. The molecule has 0 saturated carbocycles. The highest BCUT2D eigenvalue weighted by atomic mass is 32.2. The molecule has 0 aliphatic heterocycles. The molecule has 0 saturated heterocycles. The Morgan fingerprint density at radius 2 is 1.79 bits per heavy atom. The van der Waals surface area contributed by atoms with Gasteiger partial charge in [0, 0.05) is 18.4 Å². The van der Waals surface area contributed by atoms with Gasteiger partial charge in [-0.25, -0.2) is 23.1 Å². The van der Waals surface area contributed by atoms with Crippen molar-refractivity contribution in [3.8, 4) is 0 Å². The predicted octanol–water partition coefficient (Wildman–Crippen LogP) is 0.493. The molecule has 8 heteroatoms. The lowest BCUT2D eigenvalue weighted by atomic mass is 10.1. The Kier molecular flexibility index (Phi) is 3.72. The molecule has 19 heavy (non-hydrogen) atoms. The maximum atomic E-state index is 12.1. The molecular formula is C11H13N5O2S. The number of nitrogens with one attached hydrogen (secondary N) is 1. The molecule has 2 rings (SSSR count). The summed E-state index contributed by atoms with van der Waals surface area (Å²) in [4.78, 5) is 11.2. The van der Waals surface area contributed by atoms with Crippen LogP contribution in [0.1, 0.15) is 18.5 Å². The first-order valence-corrected chi connectivity index (χ1v) is 6.97. The van der Waals surface area contributed by atoms with Gasteiger partial charge in [0.25, 0.3) is 0 Å². The van der Waals surface area contributed by atoms with Crippen molar-refractivity contribution in [1.29, 1.82) is 0 Å². The second kappa shape index (κ2) is 5.29. The lowest BCUT2D eigenvalue weighted by molar-refractivity contribution is 0.566. The summed E-state index contributed by atoms with van der Waals surface area (Å²) in [7, 11) is -3.68. The van der Waals surface area contributed by atoms with Gasteiger partial charge in [0.05, 0.1) is 12.4 Å². The zero-order chi connectivity index (χ0) is 13.9. The van der Waals surface area contributed by atoms with E-state index in [-0.39, 0.29) is 16.9 Å². The highest BCUT2D eigenvalue weighted by Crippen LogP contribution is 2.15. The number of sulfonamides is 1. The number of nitrogen functional groups attached to an aromatic ring is 1. The van der Waals surface area contributed by atoms with Crippen LogP contribution in [0.3, 0.4) is 0 Å². The van der Waals surface area contributed by atoms with Crippen LogP contribution in [0.5, 0.6) is 0 Å². The summed E-state index contributed by atoms with van der Waals surface area (Å²) in [5, 5.41) is 0. The summed E-state index contributed by atoms with van der Waals surface area (Å²) < 4.78 is 26.7. The van der Waals surface area contributed by atoms with Gasteiger partial charge in [-0.1, -0.05) is 0 Å². The molecule has 2 aromatic rings. The molecule has 0 amide bonds. The fourth-order valence-corrected chi connectivity index (χ4v) is 2.61. The van der Waals surface area contributed by atoms with Crippen LogP contribution >= 0.6 is 0 Å². The van der Waals surface area contributed by atoms with Crippen molar-refractivity contribution >= 4 is 16.0 Å². The van der Waals surface area contributed by atoms with E-state index in [4.69, 9.17) is 5.73 Å². The van der Waals surface area contributed by atoms with Gasteiger partial charge >= 0.3 is 0 Å². The van der Waals surface area contributed by atoms with Gasteiger partial charge in [-0.15, -0.1) is 0 Å². The van der Waals surface area contributed by atoms with E-state index in [2.05, 4.69) is 19.7 Å². The standard InChI is InChI=1S/C11H13N5O2S/c1-8(9-2-4-13-5-3-9)16-19(17,18)10-6-14-11(12)15-7-10/h2-8,16H,1H3,(H2,12,14,15). The number of nitrogens with zero attached hydrogens (tertiary/aromatic N) is 3. The fraction of sp³-hybridized carbons (Fsp3) is 0.182. The molecule has 0 fully saturated rings. The van der Waals surface area contributed by atoms with Crippen LogP contribution in [-0.4, -0.2) is 23.4 Å². The lowest BCUT2D eigenvalue weighted by Gasteiger charge is -2.14. The van der Waals surface area contributed by atoms with Crippen LogP contribution in [0, 0.1) is 0 Å². The molecule has 1 unspecified atom stereocenters. The Balaban J connectivity index is 2.20. The van der Waals surface area contributed by atoms with E-state index in [1.54, 1.807) is 31.5 Å². The monoisotopic (exact) mass is 279 g/mol. The van der Waals surface area contributed by atoms with Crippen LogP contribution in [0.25, 0.3) is 0 Å². The minimum absolute atomic E-state index is 0.0254. The summed E-state index contributed by atoms with van der Waals surface area (Å²) >= 11 is 0. The Morgan fingerprint density at radius 3 is 2.37 bits per heavy atom. The normalized spacial score (nSPS) is 13.1. The first kappa shape index (κ1) is 13.4. The highest BCUT2D eigenvalue weighted by molar-refractivity contribution is 7.89. The number of nitrogens with two attached hydrogens (primary N) is 1. The molecule has 0 aliphatic carbocycles. The van der Waals surface area contributed by atoms with Gasteiger partial charge < -0.3 is 5.73 Å². The van der Waals surface area contributed by atoms with Gasteiger partial charge in [-0.3, -0.25) is 4.98 Å². The molecule has 2 aromatic heterocycles. The van der Waals surface area contributed by atoms with E-state index in [0.29, 0.717) is 0 Å².